The summed E-state index contributed by atoms with van der Waals surface area (Å²) in [6.45, 7) is 1.60. The minimum absolute atomic E-state index is 0.00127. The number of aromatic nitrogens is 2. The molecule has 122 valence electrons. The van der Waals surface area contributed by atoms with Crippen LogP contribution >= 0.6 is 23.1 Å². The van der Waals surface area contributed by atoms with Crippen LogP contribution in [0.25, 0.3) is 0 Å². The number of hydrogen-bond acceptors (Lipinski definition) is 6. The van der Waals surface area contributed by atoms with Crippen LogP contribution < -0.4 is 0 Å². The summed E-state index contributed by atoms with van der Waals surface area (Å²) in [5.74, 6) is 0. The van der Waals surface area contributed by atoms with Gasteiger partial charge in [0.05, 0.1) is 17.2 Å². The van der Waals surface area contributed by atoms with E-state index in [0.29, 0.717) is 6.42 Å². The lowest BCUT2D eigenvalue weighted by Gasteiger charge is -2.17. The summed E-state index contributed by atoms with van der Waals surface area (Å²) in [6.07, 6.45) is -3.31. The van der Waals surface area contributed by atoms with Crippen LogP contribution in [0.15, 0.2) is 28.9 Å². The van der Waals surface area contributed by atoms with Crippen LogP contribution in [0, 0.1) is 11.3 Å². The Balaban J connectivity index is 2.37. The SMILES string of the molecule is C[C@H](O)C[C@@H](Sc1nc(C(F)(F)F)ccc1C#N)c1cncs1. The Morgan fingerprint density at radius 2 is 2.17 bits per heavy atom. The third-order valence-electron chi connectivity index (χ3n) is 2.85. The lowest BCUT2D eigenvalue weighted by molar-refractivity contribution is -0.141. The molecule has 0 aliphatic rings. The van der Waals surface area contributed by atoms with Gasteiger partial charge in [-0.05, 0) is 25.5 Å². The summed E-state index contributed by atoms with van der Waals surface area (Å²) >= 11 is 2.37. The topological polar surface area (TPSA) is 69.8 Å². The zero-order valence-electron chi connectivity index (χ0n) is 11.9. The monoisotopic (exact) mass is 359 g/mol. The van der Waals surface area contributed by atoms with Gasteiger partial charge in [0.25, 0.3) is 0 Å². The normalized spacial score (nSPS) is 14.3. The van der Waals surface area contributed by atoms with Crippen molar-refractivity contribution in [2.75, 3.05) is 0 Å². The molecule has 9 heteroatoms. The number of rotatable bonds is 5. The van der Waals surface area contributed by atoms with E-state index in [1.165, 1.54) is 11.3 Å². The number of alkyl halides is 3. The van der Waals surface area contributed by atoms with Crippen molar-refractivity contribution in [3.05, 3.63) is 40.0 Å². The first-order chi connectivity index (χ1) is 10.8. The molecule has 4 nitrogen and oxygen atoms in total. The molecule has 2 rings (SSSR count). The maximum Gasteiger partial charge on any atom is 0.433 e. The van der Waals surface area contributed by atoms with Crippen LogP contribution in [0.3, 0.4) is 0 Å². The zero-order chi connectivity index (χ0) is 17.0. The Morgan fingerprint density at radius 1 is 1.43 bits per heavy atom. The predicted molar refractivity (Wildman–Crippen MR) is 81.0 cm³/mol. The smallest absolute Gasteiger partial charge is 0.393 e. The number of aliphatic hydroxyl groups is 1. The molecule has 0 saturated carbocycles. The molecule has 0 unspecified atom stereocenters. The highest BCUT2D eigenvalue weighted by molar-refractivity contribution is 7.99. The van der Waals surface area contributed by atoms with Crippen molar-refractivity contribution in [2.45, 2.75) is 35.9 Å². The van der Waals surface area contributed by atoms with Crippen LogP contribution in [-0.2, 0) is 6.18 Å². The van der Waals surface area contributed by atoms with Crippen LogP contribution in [0.1, 0.15) is 34.7 Å². The summed E-state index contributed by atoms with van der Waals surface area (Å²) in [7, 11) is 0. The van der Waals surface area contributed by atoms with Gasteiger partial charge in [0.2, 0.25) is 0 Å². The minimum Gasteiger partial charge on any atom is -0.393 e. The number of hydrogen-bond donors (Lipinski definition) is 1. The highest BCUT2D eigenvalue weighted by Gasteiger charge is 2.33. The van der Waals surface area contributed by atoms with E-state index in [-0.39, 0.29) is 15.8 Å². The summed E-state index contributed by atoms with van der Waals surface area (Å²) in [4.78, 5) is 8.34. The van der Waals surface area contributed by atoms with E-state index in [0.717, 1.165) is 28.8 Å². The van der Waals surface area contributed by atoms with Gasteiger partial charge in [-0.25, -0.2) is 4.98 Å². The van der Waals surface area contributed by atoms with Gasteiger partial charge < -0.3 is 5.11 Å². The van der Waals surface area contributed by atoms with Crippen molar-refractivity contribution in [3.63, 3.8) is 0 Å². The van der Waals surface area contributed by atoms with E-state index in [1.54, 1.807) is 18.6 Å². The molecule has 2 atom stereocenters. The van der Waals surface area contributed by atoms with Gasteiger partial charge in [0.15, 0.2) is 0 Å². The molecule has 0 aliphatic heterocycles. The minimum atomic E-state index is -4.58. The summed E-state index contributed by atoms with van der Waals surface area (Å²) in [6, 6.07) is 3.76. The number of halogens is 3. The average Bonchev–Trinajstić information content (AvgIpc) is 2.99. The lowest BCUT2D eigenvalue weighted by atomic mass is 10.2. The molecule has 0 amide bonds. The number of thioether (sulfide) groups is 1. The second kappa shape index (κ2) is 7.29. The van der Waals surface area contributed by atoms with Crippen LogP contribution in [0.5, 0.6) is 0 Å². The molecule has 0 aromatic carbocycles. The third-order valence-corrected chi connectivity index (χ3v) is 5.15. The van der Waals surface area contributed by atoms with Gasteiger partial charge >= 0.3 is 6.18 Å². The highest BCUT2D eigenvalue weighted by Crippen LogP contribution is 2.41. The van der Waals surface area contributed by atoms with E-state index in [9.17, 15) is 18.3 Å². The van der Waals surface area contributed by atoms with Crippen LogP contribution in [-0.4, -0.2) is 21.2 Å². The number of aliphatic hydroxyl groups excluding tert-OH is 1. The van der Waals surface area contributed by atoms with Crippen LogP contribution in [0.4, 0.5) is 13.2 Å². The van der Waals surface area contributed by atoms with Gasteiger partial charge in [-0.15, -0.1) is 11.3 Å². The molecule has 2 aromatic rings. The van der Waals surface area contributed by atoms with Gasteiger partial charge in [0.1, 0.15) is 16.8 Å². The quantitative estimate of drug-likeness (QED) is 0.816. The molecule has 0 aliphatic carbocycles. The molecule has 1 N–H and O–H groups in total. The van der Waals surface area contributed by atoms with Gasteiger partial charge in [0, 0.05) is 16.3 Å². The highest BCUT2D eigenvalue weighted by atomic mass is 32.2. The van der Waals surface area contributed by atoms with Crippen molar-refractivity contribution in [3.8, 4) is 6.07 Å². The largest absolute Gasteiger partial charge is 0.433 e. The van der Waals surface area contributed by atoms with Gasteiger partial charge in [-0.1, -0.05) is 11.8 Å². The Bertz CT molecular complexity index is 696. The average molecular weight is 359 g/mol. The van der Waals surface area contributed by atoms with E-state index in [1.807, 2.05) is 6.07 Å². The molecule has 23 heavy (non-hydrogen) atoms. The fourth-order valence-electron chi connectivity index (χ4n) is 1.82. The van der Waals surface area contributed by atoms with E-state index >= 15 is 0 Å². The summed E-state index contributed by atoms with van der Waals surface area (Å²) in [5, 5.41) is 18.4. The first-order valence-electron chi connectivity index (χ1n) is 6.52. The summed E-state index contributed by atoms with van der Waals surface area (Å²) < 4.78 is 38.5. The summed E-state index contributed by atoms with van der Waals surface area (Å²) in [5.41, 5.74) is 0.637. The van der Waals surface area contributed by atoms with Crippen molar-refractivity contribution >= 4 is 23.1 Å². The van der Waals surface area contributed by atoms with Gasteiger partial charge in [-0.2, -0.15) is 18.4 Å². The predicted octanol–water partition coefficient (Wildman–Crippen LogP) is 4.03. The first-order valence-corrected chi connectivity index (χ1v) is 8.28. The molecule has 0 bridgehead atoms. The molecule has 0 fully saturated rings. The van der Waals surface area contributed by atoms with Crippen molar-refractivity contribution in [1.29, 1.82) is 5.26 Å². The van der Waals surface area contributed by atoms with E-state index < -0.39 is 18.0 Å². The van der Waals surface area contributed by atoms with Gasteiger partial charge in [-0.3, -0.25) is 4.98 Å². The maximum absolute atomic E-state index is 12.8. The molecular formula is C14H12F3N3OS2. The second-order valence-corrected chi connectivity index (χ2v) is 6.86. The molecular weight excluding hydrogens is 347 g/mol. The molecule has 2 aromatic heterocycles. The molecule has 0 radical (unpaired) electrons. The fraction of sp³-hybridized carbons (Fsp3) is 0.357. The lowest BCUT2D eigenvalue weighted by Crippen LogP contribution is -2.10. The second-order valence-electron chi connectivity index (χ2n) is 4.75. The Kier molecular flexibility index (Phi) is 5.62. The van der Waals surface area contributed by atoms with Crippen LogP contribution in [0.2, 0.25) is 0 Å². The maximum atomic E-state index is 12.8. The standard InChI is InChI=1S/C14H12F3N3OS2/c1-8(21)4-10(11-6-19-7-22-11)23-13-9(5-18)2-3-12(20-13)14(15,16)17/h2-3,6-8,10,21H,4H2,1H3/t8-,10+/m0/s1. The fourth-order valence-corrected chi connectivity index (χ4v) is 3.96. The van der Waals surface area contributed by atoms with Crippen molar-refractivity contribution in [2.24, 2.45) is 0 Å². The Labute approximate surface area is 139 Å². The molecule has 2 heterocycles. The van der Waals surface area contributed by atoms with Crippen molar-refractivity contribution < 1.29 is 18.3 Å². The Hall–Kier alpha value is -1.63. The van der Waals surface area contributed by atoms with E-state index in [2.05, 4.69) is 9.97 Å². The van der Waals surface area contributed by atoms with E-state index in [4.69, 9.17) is 5.26 Å². The number of nitriles is 1. The Morgan fingerprint density at radius 3 is 2.70 bits per heavy atom. The third kappa shape index (κ3) is 4.67. The molecule has 0 spiro atoms. The van der Waals surface area contributed by atoms with Crippen molar-refractivity contribution in [1.82, 2.24) is 9.97 Å². The number of thiazole rings is 1. The number of nitrogens with zero attached hydrogens (tertiary/aromatic N) is 3. The molecule has 0 saturated heterocycles. The first kappa shape index (κ1) is 17.7. The zero-order valence-corrected chi connectivity index (χ0v) is 13.5. The number of pyridine rings is 1.